The summed E-state index contributed by atoms with van der Waals surface area (Å²) in [6.07, 6.45) is 2.33. The Kier molecular flexibility index (Phi) is 7.11. The van der Waals surface area contributed by atoms with Crippen LogP contribution in [0.3, 0.4) is 0 Å². The van der Waals surface area contributed by atoms with Crippen LogP contribution < -0.4 is 9.62 Å². The van der Waals surface area contributed by atoms with Crippen LogP contribution in [0.25, 0.3) is 0 Å². The van der Waals surface area contributed by atoms with E-state index in [1.165, 1.54) is 29.8 Å². The van der Waals surface area contributed by atoms with E-state index in [1.807, 2.05) is 31.2 Å². The van der Waals surface area contributed by atoms with Crippen molar-refractivity contribution >= 4 is 33.0 Å². The number of sulfonamides is 1. The number of anilines is 2. The van der Waals surface area contributed by atoms with Gasteiger partial charge < -0.3 is 5.32 Å². The molecule has 2 aromatic carbocycles. The second kappa shape index (κ2) is 9.32. The molecule has 2 rings (SSSR count). The number of aryl methyl sites for hydroxylation is 1. The van der Waals surface area contributed by atoms with Gasteiger partial charge in [-0.15, -0.1) is 0 Å². The van der Waals surface area contributed by atoms with Crippen LogP contribution in [0.4, 0.5) is 17.1 Å². The van der Waals surface area contributed by atoms with Crippen molar-refractivity contribution in [1.29, 1.82) is 0 Å². The maximum Gasteiger partial charge on any atom is 0.271 e. The second-order valence-electron chi connectivity index (χ2n) is 6.31. The molecule has 0 atom stereocenters. The van der Waals surface area contributed by atoms with Crippen LogP contribution >= 0.6 is 0 Å². The molecule has 0 saturated carbocycles. The third kappa shape index (κ3) is 6.05. The molecule has 0 radical (unpaired) electrons. The number of benzene rings is 2. The average Bonchev–Trinajstić information content (AvgIpc) is 2.65. The predicted molar refractivity (Wildman–Crippen MR) is 109 cm³/mol. The molecule has 1 amide bonds. The van der Waals surface area contributed by atoms with Crippen LogP contribution in [0.2, 0.25) is 0 Å². The minimum atomic E-state index is -3.65. The Morgan fingerprint density at radius 2 is 1.86 bits per heavy atom. The van der Waals surface area contributed by atoms with Crippen LogP contribution in [0, 0.1) is 10.1 Å². The first kappa shape index (κ1) is 21.4. The number of nitro benzene ring substituents is 1. The summed E-state index contributed by atoms with van der Waals surface area (Å²) in [4.78, 5) is 22.5. The molecule has 8 nitrogen and oxygen atoms in total. The number of carbonyl (C=O) groups excluding carboxylic acids is 1. The minimum Gasteiger partial charge on any atom is -0.326 e. The maximum absolute atomic E-state index is 12.1. The second-order valence-corrected chi connectivity index (χ2v) is 8.22. The third-order valence-electron chi connectivity index (χ3n) is 4.14. The quantitative estimate of drug-likeness (QED) is 0.508. The SMILES string of the molecule is CCc1ccc(NC(=O)CCCN(c2cccc([N+](=O)[O-])c2)S(C)(=O)=O)cc1. The van der Waals surface area contributed by atoms with Gasteiger partial charge in [-0.25, -0.2) is 8.42 Å². The van der Waals surface area contributed by atoms with Gasteiger partial charge in [0.2, 0.25) is 15.9 Å². The zero-order valence-corrected chi connectivity index (χ0v) is 16.6. The molecule has 0 aliphatic carbocycles. The molecule has 0 spiro atoms. The summed E-state index contributed by atoms with van der Waals surface area (Å²) in [5, 5.41) is 13.7. The molecule has 0 aromatic heterocycles. The largest absolute Gasteiger partial charge is 0.326 e. The molecule has 0 saturated heterocycles. The van der Waals surface area contributed by atoms with Crippen molar-refractivity contribution in [3.63, 3.8) is 0 Å². The summed E-state index contributed by atoms with van der Waals surface area (Å²) >= 11 is 0. The van der Waals surface area contributed by atoms with Crippen molar-refractivity contribution < 1.29 is 18.1 Å². The highest BCUT2D eigenvalue weighted by Crippen LogP contribution is 2.23. The molecule has 9 heteroatoms. The number of nitrogens with zero attached hydrogens (tertiary/aromatic N) is 2. The molecule has 150 valence electrons. The van der Waals surface area contributed by atoms with Gasteiger partial charge in [0.15, 0.2) is 0 Å². The third-order valence-corrected chi connectivity index (χ3v) is 5.33. The molecule has 2 aromatic rings. The van der Waals surface area contributed by atoms with Gasteiger partial charge in [-0.2, -0.15) is 0 Å². The number of nitro groups is 1. The Morgan fingerprint density at radius 1 is 1.18 bits per heavy atom. The van der Waals surface area contributed by atoms with Gasteiger partial charge >= 0.3 is 0 Å². The lowest BCUT2D eigenvalue weighted by molar-refractivity contribution is -0.384. The maximum atomic E-state index is 12.1. The van der Waals surface area contributed by atoms with Gasteiger partial charge in [-0.1, -0.05) is 25.1 Å². The molecule has 0 aliphatic rings. The first-order valence-electron chi connectivity index (χ1n) is 8.81. The predicted octanol–water partition coefficient (Wildman–Crippen LogP) is 3.34. The number of rotatable bonds is 9. The van der Waals surface area contributed by atoms with Crippen molar-refractivity contribution in [3.05, 3.63) is 64.2 Å². The van der Waals surface area contributed by atoms with Crippen molar-refractivity contribution in [2.75, 3.05) is 22.4 Å². The number of nitrogens with one attached hydrogen (secondary N) is 1. The number of carbonyl (C=O) groups is 1. The van der Waals surface area contributed by atoms with Crippen LogP contribution in [0.15, 0.2) is 48.5 Å². The minimum absolute atomic E-state index is 0.0438. The summed E-state index contributed by atoms with van der Waals surface area (Å²) in [5.41, 5.74) is 1.85. The molecule has 0 heterocycles. The summed E-state index contributed by atoms with van der Waals surface area (Å²) in [6, 6.07) is 12.9. The Hall–Kier alpha value is -2.94. The van der Waals surface area contributed by atoms with E-state index in [-0.39, 0.29) is 36.7 Å². The fraction of sp³-hybridized carbons (Fsp3) is 0.316. The topological polar surface area (TPSA) is 110 Å². The molecule has 0 bridgehead atoms. The number of non-ortho nitro benzene ring substituents is 1. The fourth-order valence-corrected chi connectivity index (χ4v) is 3.64. The summed E-state index contributed by atoms with van der Waals surface area (Å²) in [5.74, 6) is -0.225. The number of hydrogen-bond donors (Lipinski definition) is 1. The van der Waals surface area contributed by atoms with E-state index in [9.17, 15) is 23.3 Å². The lowest BCUT2D eigenvalue weighted by Crippen LogP contribution is -2.31. The van der Waals surface area contributed by atoms with Crippen LogP contribution in [-0.4, -0.2) is 32.0 Å². The van der Waals surface area contributed by atoms with Gasteiger partial charge in [0.05, 0.1) is 16.9 Å². The molecular weight excluding hydrogens is 382 g/mol. The van der Waals surface area contributed by atoms with Crippen molar-refractivity contribution in [1.82, 2.24) is 0 Å². The van der Waals surface area contributed by atoms with E-state index < -0.39 is 14.9 Å². The van der Waals surface area contributed by atoms with Gasteiger partial charge in [-0.3, -0.25) is 19.2 Å². The highest BCUT2D eigenvalue weighted by molar-refractivity contribution is 7.92. The molecule has 0 unspecified atom stereocenters. The van der Waals surface area contributed by atoms with E-state index in [4.69, 9.17) is 0 Å². The van der Waals surface area contributed by atoms with Crippen molar-refractivity contribution in [2.45, 2.75) is 26.2 Å². The Labute approximate surface area is 164 Å². The lowest BCUT2D eigenvalue weighted by Gasteiger charge is -2.22. The van der Waals surface area contributed by atoms with Crippen LogP contribution in [0.5, 0.6) is 0 Å². The molecule has 0 aliphatic heterocycles. The Morgan fingerprint density at radius 3 is 2.43 bits per heavy atom. The van der Waals surface area contributed by atoms with E-state index >= 15 is 0 Å². The molecule has 0 fully saturated rings. The Balaban J connectivity index is 1.99. The van der Waals surface area contributed by atoms with E-state index in [2.05, 4.69) is 5.32 Å². The standard InChI is InChI=1S/C19H23N3O5S/c1-3-15-9-11-16(12-10-15)20-19(23)8-5-13-21(28(2,26)27)17-6-4-7-18(14-17)22(24)25/h4,6-7,9-12,14H,3,5,8,13H2,1-2H3,(H,20,23). The van der Waals surface area contributed by atoms with E-state index in [0.29, 0.717) is 5.69 Å². The average molecular weight is 405 g/mol. The van der Waals surface area contributed by atoms with Gasteiger partial charge in [0.25, 0.3) is 5.69 Å². The normalized spacial score (nSPS) is 11.1. The van der Waals surface area contributed by atoms with Crippen molar-refractivity contribution in [2.24, 2.45) is 0 Å². The molecule has 28 heavy (non-hydrogen) atoms. The summed E-state index contributed by atoms with van der Waals surface area (Å²) in [6.45, 7) is 2.09. The zero-order chi connectivity index (χ0) is 20.7. The smallest absolute Gasteiger partial charge is 0.271 e. The monoisotopic (exact) mass is 405 g/mol. The lowest BCUT2D eigenvalue weighted by atomic mass is 10.1. The van der Waals surface area contributed by atoms with Gasteiger partial charge in [-0.05, 0) is 36.6 Å². The van der Waals surface area contributed by atoms with Crippen molar-refractivity contribution in [3.8, 4) is 0 Å². The van der Waals surface area contributed by atoms with E-state index in [1.54, 1.807) is 0 Å². The summed E-state index contributed by atoms with van der Waals surface area (Å²) < 4.78 is 25.3. The summed E-state index contributed by atoms with van der Waals surface area (Å²) in [7, 11) is -3.65. The number of amides is 1. The van der Waals surface area contributed by atoms with Gasteiger partial charge in [0, 0.05) is 30.8 Å². The number of hydrogen-bond acceptors (Lipinski definition) is 5. The van der Waals surface area contributed by atoms with E-state index in [0.717, 1.165) is 17.0 Å². The first-order valence-corrected chi connectivity index (χ1v) is 10.7. The molecule has 1 N–H and O–H groups in total. The highest BCUT2D eigenvalue weighted by atomic mass is 32.2. The zero-order valence-electron chi connectivity index (χ0n) is 15.8. The van der Waals surface area contributed by atoms with Crippen LogP contribution in [-0.2, 0) is 21.2 Å². The molecular formula is C19H23N3O5S. The Bertz CT molecular complexity index is 942. The first-order chi connectivity index (χ1) is 13.2. The fourth-order valence-electron chi connectivity index (χ4n) is 2.68. The van der Waals surface area contributed by atoms with Crippen LogP contribution in [0.1, 0.15) is 25.3 Å². The van der Waals surface area contributed by atoms with Gasteiger partial charge in [0.1, 0.15) is 0 Å². The highest BCUT2D eigenvalue weighted by Gasteiger charge is 2.19.